The van der Waals surface area contributed by atoms with E-state index in [1.165, 1.54) is 0 Å². The highest BCUT2D eigenvalue weighted by Gasteiger charge is 2.45. The highest BCUT2D eigenvalue weighted by molar-refractivity contribution is 6.46. The lowest BCUT2D eigenvalue weighted by atomic mass is 9.95. The molecule has 34 heavy (non-hydrogen) atoms. The zero-order valence-corrected chi connectivity index (χ0v) is 19.3. The topological polar surface area (TPSA) is 66.8 Å². The summed E-state index contributed by atoms with van der Waals surface area (Å²) in [5.74, 6) is -0.833. The van der Waals surface area contributed by atoms with E-state index in [4.69, 9.17) is 4.74 Å². The Labute approximate surface area is 200 Å². The Hall–Kier alpha value is -3.86. The first-order valence-electron chi connectivity index (χ1n) is 11.7. The van der Waals surface area contributed by atoms with Gasteiger partial charge in [-0.05, 0) is 36.1 Å². The molecule has 4 rings (SSSR count). The summed E-state index contributed by atoms with van der Waals surface area (Å²) in [6.45, 7) is 3.03. The van der Waals surface area contributed by atoms with Crippen LogP contribution in [0.1, 0.15) is 42.5 Å². The molecule has 1 aliphatic heterocycles. The van der Waals surface area contributed by atoms with E-state index in [-0.39, 0.29) is 11.3 Å². The van der Waals surface area contributed by atoms with Crippen molar-refractivity contribution in [3.63, 3.8) is 0 Å². The fraction of sp³-hybridized carbons (Fsp3) is 0.241. The number of hydrogen-bond donors (Lipinski definition) is 1. The number of aliphatic hydroxyl groups is 1. The third-order valence-electron chi connectivity index (χ3n) is 6.01. The molecule has 1 heterocycles. The standard InChI is InChI=1S/C29H29NO4/c1-2-3-19-34-24-16-10-15-23(20-24)27(31)25-26(22-13-8-5-9-14-22)30(29(33)28(25)32)18-17-21-11-6-4-7-12-21/h4-16,20,26,31H,2-3,17-19H2,1H3. The average molecular weight is 456 g/mol. The third kappa shape index (κ3) is 5.04. The highest BCUT2D eigenvalue weighted by Crippen LogP contribution is 2.39. The third-order valence-corrected chi connectivity index (χ3v) is 6.01. The summed E-state index contributed by atoms with van der Waals surface area (Å²) in [6, 6.07) is 25.6. The van der Waals surface area contributed by atoms with Gasteiger partial charge in [0.05, 0.1) is 18.2 Å². The van der Waals surface area contributed by atoms with Gasteiger partial charge >= 0.3 is 0 Å². The van der Waals surface area contributed by atoms with Crippen LogP contribution in [0.3, 0.4) is 0 Å². The largest absolute Gasteiger partial charge is 0.507 e. The smallest absolute Gasteiger partial charge is 0.295 e. The molecule has 0 radical (unpaired) electrons. The minimum Gasteiger partial charge on any atom is -0.507 e. The van der Waals surface area contributed by atoms with E-state index in [0.29, 0.717) is 30.9 Å². The number of likely N-dealkylation sites (tertiary alicyclic amines) is 1. The van der Waals surface area contributed by atoms with Gasteiger partial charge in [0.25, 0.3) is 11.7 Å². The van der Waals surface area contributed by atoms with Crippen molar-refractivity contribution in [2.75, 3.05) is 13.2 Å². The van der Waals surface area contributed by atoms with Crippen molar-refractivity contribution in [3.05, 3.63) is 107 Å². The minimum absolute atomic E-state index is 0.106. The number of unbranched alkanes of at least 4 members (excludes halogenated alkanes) is 1. The molecule has 3 aromatic rings. The van der Waals surface area contributed by atoms with Crippen molar-refractivity contribution < 1.29 is 19.4 Å². The van der Waals surface area contributed by atoms with Gasteiger partial charge in [0.15, 0.2) is 0 Å². The van der Waals surface area contributed by atoms with Gasteiger partial charge in [0, 0.05) is 12.1 Å². The molecule has 0 saturated carbocycles. The molecule has 1 unspecified atom stereocenters. The molecule has 3 aromatic carbocycles. The lowest BCUT2D eigenvalue weighted by molar-refractivity contribution is -0.139. The van der Waals surface area contributed by atoms with Crippen LogP contribution in [0.2, 0.25) is 0 Å². The van der Waals surface area contributed by atoms with Gasteiger partial charge in [0.2, 0.25) is 0 Å². The number of carbonyl (C=O) groups excluding carboxylic acids is 2. The second-order valence-electron chi connectivity index (χ2n) is 8.37. The van der Waals surface area contributed by atoms with Crippen molar-refractivity contribution >= 4 is 17.4 Å². The van der Waals surface area contributed by atoms with Crippen LogP contribution in [0.4, 0.5) is 0 Å². The van der Waals surface area contributed by atoms with Crippen LogP contribution in [-0.2, 0) is 16.0 Å². The first-order chi connectivity index (χ1) is 16.6. The molecular weight excluding hydrogens is 426 g/mol. The lowest BCUT2D eigenvalue weighted by Crippen LogP contribution is -2.31. The highest BCUT2D eigenvalue weighted by atomic mass is 16.5. The Bertz CT molecular complexity index is 1170. The number of aliphatic hydroxyl groups excluding tert-OH is 1. The molecule has 5 heteroatoms. The molecule has 1 saturated heterocycles. The Morgan fingerprint density at radius 1 is 0.941 bits per heavy atom. The molecule has 0 aliphatic carbocycles. The maximum absolute atomic E-state index is 13.2. The van der Waals surface area contributed by atoms with Gasteiger partial charge in [-0.1, -0.05) is 86.1 Å². The first-order valence-corrected chi connectivity index (χ1v) is 11.7. The van der Waals surface area contributed by atoms with Crippen molar-refractivity contribution in [3.8, 4) is 5.75 Å². The van der Waals surface area contributed by atoms with E-state index in [1.54, 1.807) is 23.1 Å². The lowest BCUT2D eigenvalue weighted by Gasteiger charge is -2.25. The van der Waals surface area contributed by atoms with E-state index in [1.807, 2.05) is 66.7 Å². The minimum atomic E-state index is -0.670. The summed E-state index contributed by atoms with van der Waals surface area (Å²) in [4.78, 5) is 27.9. The van der Waals surface area contributed by atoms with Crippen molar-refractivity contribution in [1.82, 2.24) is 4.90 Å². The molecule has 1 fully saturated rings. The van der Waals surface area contributed by atoms with Crippen LogP contribution in [0.25, 0.3) is 5.76 Å². The Balaban J connectivity index is 1.71. The van der Waals surface area contributed by atoms with Crippen molar-refractivity contribution in [2.24, 2.45) is 0 Å². The molecule has 0 aromatic heterocycles. The second-order valence-corrected chi connectivity index (χ2v) is 8.37. The van der Waals surface area contributed by atoms with Crippen LogP contribution in [0, 0.1) is 0 Å². The van der Waals surface area contributed by atoms with Crippen molar-refractivity contribution in [2.45, 2.75) is 32.2 Å². The molecular formula is C29H29NO4. The molecule has 1 aliphatic rings. The molecule has 5 nitrogen and oxygen atoms in total. The molecule has 0 bridgehead atoms. The normalized spacial score (nSPS) is 17.2. The van der Waals surface area contributed by atoms with E-state index >= 15 is 0 Å². The van der Waals surface area contributed by atoms with E-state index < -0.39 is 17.7 Å². The zero-order chi connectivity index (χ0) is 23.9. The van der Waals surface area contributed by atoms with Gasteiger partial charge in [-0.2, -0.15) is 0 Å². The number of rotatable bonds is 9. The predicted molar refractivity (Wildman–Crippen MR) is 132 cm³/mol. The Morgan fingerprint density at radius 2 is 1.65 bits per heavy atom. The monoisotopic (exact) mass is 455 g/mol. The Morgan fingerprint density at radius 3 is 2.35 bits per heavy atom. The summed E-state index contributed by atoms with van der Waals surface area (Å²) in [7, 11) is 0. The van der Waals surface area contributed by atoms with Gasteiger partial charge in [0.1, 0.15) is 11.5 Å². The summed E-state index contributed by atoms with van der Waals surface area (Å²) in [5, 5.41) is 11.3. The number of ketones is 1. The average Bonchev–Trinajstić information content (AvgIpc) is 3.13. The summed E-state index contributed by atoms with van der Waals surface area (Å²) in [5.41, 5.74) is 2.42. The number of Topliss-reactive ketones (excluding diaryl/α,β-unsaturated/α-hetero) is 1. The Kier molecular flexibility index (Phi) is 7.43. The number of carbonyl (C=O) groups is 2. The predicted octanol–water partition coefficient (Wildman–Crippen LogP) is 5.53. The fourth-order valence-corrected chi connectivity index (χ4v) is 4.21. The summed E-state index contributed by atoms with van der Waals surface area (Å²) < 4.78 is 5.77. The van der Waals surface area contributed by atoms with E-state index in [2.05, 4.69) is 6.92 Å². The molecule has 1 amide bonds. The molecule has 1 atom stereocenters. The maximum atomic E-state index is 13.2. The number of amides is 1. The maximum Gasteiger partial charge on any atom is 0.295 e. The van der Waals surface area contributed by atoms with Gasteiger partial charge < -0.3 is 14.7 Å². The molecule has 0 spiro atoms. The van der Waals surface area contributed by atoms with Gasteiger partial charge in [-0.25, -0.2) is 0 Å². The molecule has 1 N–H and O–H groups in total. The quantitative estimate of drug-likeness (QED) is 0.199. The zero-order valence-electron chi connectivity index (χ0n) is 19.3. The summed E-state index contributed by atoms with van der Waals surface area (Å²) >= 11 is 0. The number of nitrogens with zero attached hydrogens (tertiary/aromatic N) is 1. The number of hydrogen-bond acceptors (Lipinski definition) is 4. The summed E-state index contributed by atoms with van der Waals surface area (Å²) in [6.07, 6.45) is 2.55. The first kappa shape index (κ1) is 23.3. The second kappa shape index (κ2) is 10.8. The van der Waals surface area contributed by atoms with Crippen LogP contribution in [0.15, 0.2) is 90.5 Å². The van der Waals surface area contributed by atoms with Crippen LogP contribution in [0.5, 0.6) is 5.75 Å². The SMILES string of the molecule is CCCCOc1cccc(C(O)=C2C(=O)C(=O)N(CCc3ccccc3)C2c2ccccc2)c1. The van der Waals surface area contributed by atoms with Crippen LogP contribution in [-0.4, -0.2) is 34.8 Å². The van der Waals surface area contributed by atoms with Crippen LogP contribution < -0.4 is 4.74 Å². The van der Waals surface area contributed by atoms with Gasteiger partial charge in [-0.3, -0.25) is 9.59 Å². The van der Waals surface area contributed by atoms with E-state index in [0.717, 1.165) is 24.0 Å². The fourth-order valence-electron chi connectivity index (χ4n) is 4.21. The van der Waals surface area contributed by atoms with Gasteiger partial charge in [-0.15, -0.1) is 0 Å². The molecule has 174 valence electrons. The van der Waals surface area contributed by atoms with Crippen molar-refractivity contribution in [1.29, 1.82) is 0 Å². The number of benzene rings is 3. The number of ether oxygens (including phenoxy) is 1. The van der Waals surface area contributed by atoms with E-state index in [9.17, 15) is 14.7 Å². The van der Waals surface area contributed by atoms with Crippen LogP contribution >= 0.6 is 0 Å².